The van der Waals surface area contributed by atoms with Crippen LogP contribution in [0.15, 0.2) is 12.1 Å². The lowest BCUT2D eigenvalue weighted by atomic mass is 9.84. The molecule has 3 rings (SSSR count). The minimum Gasteiger partial charge on any atom is -0.373 e. The van der Waals surface area contributed by atoms with Gasteiger partial charge in [-0.05, 0) is 63.1 Å². The fourth-order valence-corrected chi connectivity index (χ4v) is 3.62. The fraction of sp³-hybridized carbons (Fsp3) is 0.667. The first-order chi connectivity index (χ1) is 9.65. The predicted octanol–water partition coefficient (Wildman–Crippen LogP) is 3.83. The van der Waals surface area contributed by atoms with Crippen molar-refractivity contribution in [2.24, 2.45) is 5.92 Å². The van der Waals surface area contributed by atoms with E-state index in [1.165, 1.54) is 47.9 Å². The van der Waals surface area contributed by atoms with Crippen molar-refractivity contribution in [3.8, 4) is 0 Å². The molecule has 1 heterocycles. The minimum atomic E-state index is 0.288. The maximum Gasteiger partial charge on any atom is 0.0870 e. The van der Waals surface area contributed by atoms with Crippen molar-refractivity contribution in [1.82, 2.24) is 5.32 Å². The monoisotopic (exact) mass is 273 g/mol. The van der Waals surface area contributed by atoms with Gasteiger partial charge in [0.25, 0.3) is 0 Å². The fourth-order valence-electron chi connectivity index (χ4n) is 3.62. The molecule has 1 saturated heterocycles. The Morgan fingerprint density at radius 2 is 1.80 bits per heavy atom. The molecule has 1 aliphatic heterocycles. The summed E-state index contributed by atoms with van der Waals surface area (Å²) in [6.45, 7) is 8.68. The zero-order valence-corrected chi connectivity index (χ0v) is 13.0. The third kappa shape index (κ3) is 3.07. The van der Waals surface area contributed by atoms with Gasteiger partial charge in [-0.1, -0.05) is 17.7 Å². The molecule has 1 aliphatic carbocycles. The second kappa shape index (κ2) is 5.87. The average molecular weight is 273 g/mol. The molecule has 1 aromatic carbocycles. The Morgan fingerprint density at radius 3 is 2.45 bits per heavy atom. The van der Waals surface area contributed by atoms with Gasteiger partial charge in [-0.3, -0.25) is 0 Å². The lowest BCUT2D eigenvalue weighted by molar-refractivity contribution is -0.0285. The number of ether oxygens (including phenoxy) is 1. The van der Waals surface area contributed by atoms with Gasteiger partial charge in [-0.2, -0.15) is 0 Å². The highest BCUT2D eigenvalue weighted by Crippen LogP contribution is 2.37. The Morgan fingerprint density at radius 1 is 1.10 bits per heavy atom. The minimum absolute atomic E-state index is 0.288. The van der Waals surface area contributed by atoms with Crippen LogP contribution in [0.3, 0.4) is 0 Å². The van der Waals surface area contributed by atoms with Crippen LogP contribution in [0.4, 0.5) is 0 Å². The molecule has 1 aromatic rings. The first kappa shape index (κ1) is 14.1. The van der Waals surface area contributed by atoms with E-state index >= 15 is 0 Å². The second-order valence-electron chi connectivity index (χ2n) is 6.69. The highest BCUT2D eigenvalue weighted by atomic mass is 16.5. The molecule has 2 fully saturated rings. The van der Waals surface area contributed by atoms with E-state index in [-0.39, 0.29) is 6.10 Å². The van der Waals surface area contributed by atoms with Gasteiger partial charge in [-0.15, -0.1) is 0 Å². The number of nitrogens with one attached hydrogen (secondary N) is 1. The zero-order chi connectivity index (χ0) is 14.1. The van der Waals surface area contributed by atoms with E-state index in [9.17, 15) is 0 Å². The van der Waals surface area contributed by atoms with E-state index in [1.54, 1.807) is 0 Å². The van der Waals surface area contributed by atoms with Gasteiger partial charge in [0.05, 0.1) is 6.10 Å². The molecule has 2 heteroatoms. The van der Waals surface area contributed by atoms with E-state index < -0.39 is 0 Å². The first-order valence-electron chi connectivity index (χ1n) is 8.08. The molecule has 2 nitrogen and oxygen atoms in total. The number of benzene rings is 1. The van der Waals surface area contributed by atoms with Gasteiger partial charge < -0.3 is 10.1 Å². The van der Waals surface area contributed by atoms with Gasteiger partial charge in [0.15, 0.2) is 0 Å². The smallest absolute Gasteiger partial charge is 0.0870 e. The number of rotatable bonds is 4. The van der Waals surface area contributed by atoms with Gasteiger partial charge in [0.2, 0.25) is 0 Å². The van der Waals surface area contributed by atoms with Crippen LogP contribution in [0, 0.1) is 26.7 Å². The quantitative estimate of drug-likeness (QED) is 0.900. The van der Waals surface area contributed by atoms with Crippen LogP contribution in [0.2, 0.25) is 0 Å². The van der Waals surface area contributed by atoms with Crippen molar-refractivity contribution in [3.05, 3.63) is 34.4 Å². The van der Waals surface area contributed by atoms with Crippen molar-refractivity contribution in [3.63, 3.8) is 0 Å². The Hall–Kier alpha value is -0.860. The summed E-state index contributed by atoms with van der Waals surface area (Å²) in [5, 5.41) is 3.70. The standard InChI is InChI=1S/C18H27NO/c1-12-9-13(2)17(14(3)10-12)18-15(5-4-8-20-18)11-19-16-6-7-16/h9-10,15-16,18-19H,4-8,11H2,1-3H3. The molecule has 0 radical (unpaired) electrons. The van der Waals surface area contributed by atoms with Crippen LogP contribution < -0.4 is 5.32 Å². The van der Waals surface area contributed by atoms with Crippen LogP contribution >= 0.6 is 0 Å². The van der Waals surface area contributed by atoms with E-state index in [1.807, 2.05) is 0 Å². The van der Waals surface area contributed by atoms with Gasteiger partial charge >= 0.3 is 0 Å². The summed E-state index contributed by atoms with van der Waals surface area (Å²) < 4.78 is 6.19. The summed E-state index contributed by atoms with van der Waals surface area (Å²) in [4.78, 5) is 0. The maximum absolute atomic E-state index is 6.19. The van der Waals surface area contributed by atoms with Gasteiger partial charge in [0, 0.05) is 25.1 Å². The molecular formula is C18H27NO. The van der Waals surface area contributed by atoms with Crippen LogP contribution in [0.1, 0.15) is 54.0 Å². The molecule has 0 bridgehead atoms. The molecular weight excluding hydrogens is 246 g/mol. The van der Waals surface area contributed by atoms with E-state index in [4.69, 9.17) is 4.74 Å². The van der Waals surface area contributed by atoms with Crippen molar-refractivity contribution in [2.45, 2.75) is 58.6 Å². The molecule has 1 saturated carbocycles. The summed E-state index contributed by atoms with van der Waals surface area (Å²) in [7, 11) is 0. The van der Waals surface area contributed by atoms with E-state index in [0.717, 1.165) is 19.2 Å². The van der Waals surface area contributed by atoms with Gasteiger partial charge in [-0.25, -0.2) is 0 Å². The number of aryl methyl sites for hydroxylation is 3. The number of hydrogen-bond acceptors (Lipinski definition) is 2. The molecule has 0 spiro atoms. The van der Waals surface area contributed by atoms with Crippen molar-refractivity contribution in [1.29, 1.82) is 0 Å². The van der Waals surface area contributed by atoms with Crippen molar-refractivity contribution < 1.29 is 4.74 Å². The summed E-state index contributed by atoms with van der Waals surface area (Å²) >= 11 is 0. The summed E-state index contributed by atoms with van der Waals surface area (Å²) in [5.41, 5.74) is 5.58. The highest BCUT2D eigenvalue weighted by Gasteiger charge is 2.31. The lowest BCUT2D eigenvalue weighted by Crippen LogP contribution is -2.33. The predicted molar refractivity (Wildman–Crippen MR) is 83.1 cm³/mol. The summed E-state index contributed by atoms with van der Waals surface area (Å²) in [6, 6.07) is 5.38. The van der Waals surface area contributed by atoms with Crippen LogP contribution in [0.25, 0.3) is 0 Å². The summed E-state index contributed by atoms with van der Waals surface area (Å²) in [6.07, 6.45) is 5.51. The van der Waals surface area contributed by atoms with E-state index in [0.29, 0.717) is 5.92 Å². The molecule has 2 atom stereocenters. The van der Waals surface area contributed by atoms with Crippen molar-refractivity contribution >= 4 is 0 Å². The maximum atomic E-state index is 6.19. The molecule has 110 valence electrons. The molecule has 1 N–H and O–H groups in total. The van der Waals surface area contributed by atoms with Crippen LogP contribution in [-0.2, 0) is 4.74 Å². The molecule has 2 unspecified atom stereocenters. The largest absolute Gasteiger partial charge is 0.373 e. The van der Waals surface area contributed by atoms with Crippen molar-refractivity contribution in [2.75, 3.05) is 13.2 Å². The van der Waals surface area contributed by atoms with Gasteiger partial charge in [0.1, 0.15) is 0 Å². The zero-order valence-electron chi connectivity index (χ0n) is 13.0. The number of hydrogen-bond donors (Lipinski definition) is 1. The Labute approximate surface area is 122 Å². The van der Waals surface area contributed by atoms with Crippen LogP contribution in [0.5, 0.6) is 0 Å². The highest BCUT2D eigenvalue weighted by molar-refractivity contribution is 5.39. The third-order valence-corrected chi connectivity index (χ3v) is 4.71. The molecule has 20 heavy (non-hydrogen) atoms. The average Bonchev–Trinajstić information content (AvgIpc) is 3.20. The SMILES string of the molecule is Cc1cc(C)c(C2OCCCC2CNC2CC2)c(C)c1. The molecule has 2 aliphatic rings. The topological polar surface area (TPSA) is 21.3 Å². The molecule has 0 amide bonds. The first-order valence-corrected chi connectivity index (χ1v) is 8.08. The van der Waals surface area contributed by atoms with Crippen LogP contribution in [-0.4, -0.2) is 19.2 Å². The third-order valence-electron chi connectivity index (χ3n) is 4.71. The normalized spacial score (nSPS) is 26.8. The second-order valence-corrected chi connectivity index (χ2v) is 6.69. The summed E-state index contributed by atoms with van der Waals surface area (Å²) in [5.74, 6) is 0.629. The lowest BCUT2D eigenvalue weighted by Gasteiger charge is -2.34. The Kier molecular flexibility index (Phi) is 4.13. The Balaban J connectivity index is 1.81. The Bertz CT molecular complexity index is 455. The molecule has 0 aromatic heterocycles. The van der Waals surface area contributed by atoms with E-state index in [2.05, 4.69) is 38.2 Å².